The molecule has 150 valence electrons. The number of carbonyl (C=O) groups excluding carboxylic acids is 1. The molecule has 0 aliphatic carbocycles. The third kappa shape index (κ3) is 4.54. The van der Waals surface area contributed by atoms with Gasteiger partial charge in [0.1, 0.15) is 22.8 Å². The molecule has 0 spiro atoms. The lowest BCUT2D eigenvalue weighted by Gasteiger charge is -2.19. The van der Waals surface area contributed by atoms with Crippen LogP contribution in [0, 0.1) is 13.8 Å². The molecular formula is C23H28O5. The topological polar surface area (TPSA) is 65.0 Å². The molecule has 0 aliphatic rings. The summed E-state index contributed by atoms with van der Waals surface area (Å²) in [6, 6.07) is 8.02. The van der Waals surface area contributed by atoms with Crippen LogP contribution in [0.15, 0.2) is 30.3 Å². The maximum atomic E-state index is 12.8. The highest BCUT2D eigenvalue weighted by Gasteiger charge is 2.24. The largest absolute Gasteiger partial charge is 0.507 e. The smallest absolute Gasteiger partial charge is 0.193 e. The van der Waals surface area contributed by atoms with Gasteiger partial charge in [-0.25, -0.2) is 0 Å². The van der Waals surface area contributed by atoms with E-state index in [0.717, 1.165) is 5.56 Å². The number of aromatic hydroxyl groups is 1. The first-order chi connectivity index (χ1) is 13.3. The first-order valence-electron chi connectivity index (χ1n) is 9.16. The van der Waals surface area contributed by atoms with Gasteiger partial charge in [0.25, 0.3) is 0 Å². The fraction of sp³-hybridized carbons (Fsp3) is 0.348. The molecule has 0 heterocycles. The molecule has 0 unspecified atom stereocenters. The number of hydrogen-bond donors (Lipinski definition) is 1. The van der Waals surface area contributed by atoms with Gasteiger partial charge in [-0.2, -0.15) is 0 Å². The van der Waals surface area contributed by atoms with Crippen LogP contribution < -0.4 is 9.47 Å². The van der Waals surface area contributed by atoms with Crippen LogP contribution in [-0.4, -0.2) is 31.9 Å². The number of ketones is 1. The second-order valence-corrected chi connectivity index (χ2v) is 6.91. The van der Waals surface area contributed by atoms with Gasteiger partial charge in [-0.15, -0.1) is 0 Å². The maximum Gasteiger partial charge on any atom is 0.193 e. The summed E-state index contributed by atoms with van der Waals surface area (Å²) in [5.74, 6) is 0.691. The summed E-state index contributed by atoms with van der Waals surface area (Å²) in [5, 5.41) is 10.6. The number of benzene rings is 2. The van der Waals surface area contributed by atoms with Crippen LogP contribution in [0.25, 0.3) is 6.08 Å². The average Bonchev–Trinajstić information content (AvgIpc) is 2.69. The molecule has 0 atom stereocenters. The van der Waals surface area contributed by atoms with Crippen molar-refractivity contribution in [2.45, 2.75) is 33.6 Å². The van der Waals surface area contributed by atoms with Crippen molar-refractivity contribution in [3.63, 3.8) is 0 Å². The molecule has 0 radical (unpaired) electrons. The molecule has 0 aromatic heterocycles. The van der Waals surface area contributed by atoms with Crippen LogP contribution in [0.1, 0.15) is 52.4 Å². The lowest BCUT2D eigenvalue weighted by atomic mass is 9.98. The predicted octanol–water partition coefficient (Wildman–Crippen LogP) is 5.02. The van der Waals surface area contributed by atoms with Gasteiger partial charge in [0.2, 0.25) is 0 Å². The van der Waals surface area contributed by atoms with E-state index in [4.69, 9.17) is 14.2 Å². The van der Waals surface area contributed by atoms with Crippen molar-refractivity contribution in [2.75, 3.05) is 21.0 Å². The Labute approximate surface area is 166 Å². The highest BCUT2D eigenvalue weighted by Crippen LogP contribution is 2.42. The van der Waals surface area contributed by atoms with Crippen molar-refractivity contribution in [3.8, 4) is 17.2 Å². The van der Waals surface area contributed by atoms with E-state index < -0.39 is 0 Å². The Bertz CT molecular complexity index is 864. The number of methoxy groups -OCH3 is 2. The number of hydrogen-bond acceptors (Lipinski definition) is 5. The van der Waals surface area contributed by atoms with E-state index in [2.05, 4.69) is 13.8 Å². The summed E-state index contributed by atoms with van der Waals surface area (Å²) in [7, 11) is 2.97. The molecule has 0 aliphatic heterocycles. The maximum absolute atomic E-state index is 12.8. The second kappa shape index (κ2) is 9.42. The summed E-state index contributed by atoms with van der Waals surface area (Å²) in [4.78, 5) is 12.8. The molecule has 5 heteroatoms. The van der Waals surface area contributed by atoms with E-state index in [0.29, 0.717) is 28.5 Å². The summed E-state index contributed by atoms with van der Waals surface area (Å²) in [6.45, 7) is 7.77. The predicted molar refractivity (Wildman–Crippen MR) is 111 cm³/mol. The zero-order valence-corrected chi connectivity index (χ0v) is 17.3. The highest BCUT2D eigenvalue weighted by molar-refractivity contribution is 6.11. The zero-order chi connectivity index (χ0) is 20.8. The lowest BCUT2D eigenvalue weighted by Crippen LogP contribution is -2.08. The van der Waals surface area contributed by atoms with E-state index in [1.807, 2.05) is 24.3 Å². The lowest BCUT2D eigenvalue weighted by molar-refractivity contribution is 0.0497. The van der Waals surface area contributed by atoms with Gasteiger partial charge in [0.15, 0.2) is 12.6 Å². The summed E-state index contributed by atoms with van der Waals surface area (Å²) in [6.07, 6.45) is 3.17. The van der Waals surface area contributed by atoms with E-state index in [9.17, 15) is 9.90 Å². The molecule has 1 N–H and O–H groups in total. The van der Waals surface area contributed by atoms with Crippen LogP contribution >= 0.6 is 0 Å². The zero-order valence-electron chi connectivity index (χ0n) is 17.3. The first-order valence-corrected chi connectivity index (χ1v) is 9.16. The minimum Gasteiger partial charge on any atom is -0.507 e. The molecule has 0 amide bonds. The Balaban J connectivity index is 2.39. The van der Waals surface area contributed by atoms with Gasteiger partial charge in [0, 0.05) is 18.2 Å². The van der Waals surface area contributed by atoms with Crippen molar-refractivity contribution in [2.24, 2.45) is 0 Å². The van der Waals surface area contributed by atoms with Crippen molar-refractivity contribution < 1.29 is 24.1 Å². The summed E-state index contributed by atoms with van der Waals surface area (Å²) >= 11 is 0. The fourth-order valence-corrected chi connectivity index (χ4v) is 3.04. The van der Waals surface area contributed by atoms with E-state index >= 15 is 0 Å². The van der Waals surface area contributed by atoms with E-state index in [-0.39, 0.29) is 23.9 Å². The van der Waals surface area contributed by atoms with Crippen molar-refractivity contribution in [1.29, 1.82) is 0 Å². The Hall–Kier alpha value is -2.79. The molecule has 5 nitrogen and oxygen atoms in total. The average molecular weight is 384 g/mol. The molecule has 0 bridgehead atoms. The third-order valence-corrected chi connectivity index (χ3v) is 4.64. The Morgan fingerprint density at radius 1 is 1.07 bits per heavy atom. The van der Waals surface area contributed by atoms with Crippen molar-refractivity contribution >= 4 is 11.9 Å². The minimum atomic E-state index is -0.341. The molecule has 2 rings (SSSR count). The van der Waals surface area contributed by atoms with E-state index in [1.165, 1.54) is 25.9 Å². The van der Waals surface area contributed by atoms with Crippen LogP contribution in [-0.2, 0) is 4.74 Å². The van der Waals surface area contributed by atoms with Gasteiger partial charge in [-0.1, -0.05) is 44.2 Å². The van der Waals surface area contributed by atoms with Gasteiger partial charge in [0.05, 0.1) is 7.11 Å². The highest BCUT2D eigenvalue weighted by atomic mass is 16.7. The molecule has 28 heavy (non-hydrogen) atoms. The Morgan fingerprint density at radius 2 is 1.71 bits per heavy atom. The number of phenolic OH excluding ortho intramolecular Hbond substituents is 1. The number of ether oxygens (including phenoxy) is 3. The van der Waals surface area contributed by atoms with Gasteiger partial charge in [-0.05, 0) is 37.0 Å². The monoisotopic (exact) mass is 384 g/mol. The minimum absolute atomic E-state index is 0.0316. The number of carbonyl (C=O) groups is 1. The van der Waals surface area contributed by atoms with Crippen molar-refractivity contribution in [1.82, 2.24) is 0 Å². The molecule has 0 fully saturated rings. The van der Waals surface area contributed by atoms with Crippen molar-refractivity contribution in [3.05, 3.63) is 58.2 Å². The number of allylic oxidation sites excluding steroid dienone is 1. The van der Waals surface area contributed by atoms with Gasteiger partial charge < -0.3 is 19.3 Å². The number of phenols is 1. The molecule has 2 aromatic rings. The molecule has 2 aromatic carbocycles. The quantitative estimate of drug-likeness (QED) is 0.393. The molecule has 0 saturated heterocycles. The standard InChI is InChI=1S/C23H28O5/c1-14(2)18-10-7-17(8-11-18)9-12-19(24)20-21(25)15(3)22(28-13-26-5)16(4)23(20)27-6/h7-12,14,25H,13H2,1-6H3/b12-9+. The van der Waals surface area contributed by atoms with Crippen LogP contribution in [0.5, 0.6) is 17.2 Å². The summed E-state index contributed by atoms with van der Waals surface area (Å²) in [5.41, 5.74) is 3.36. The van der Waals surface area contributed by atoms with Gasteiger partial charge >= 0.3 is 0 Å². The SMILES string of the molecule is COCOc1c(C)c(O)c(C(=O)/C=C/c2ccc(C(C)C)cc2)c(OC)c1C. The molecule has 0 saturated carbocycles. The number of rotatable bonds is 8. The summed E-state index contributed by atoms with van der Waals surface area (Å²) < 4.78 is 15.9. The third-order valence-electron chi connectivity index (χ3n) is 4.64. The normalized spacial score (nSPS) is 11.2. The Morgan fingerprint density at radius 3 is 2.25 bits per heavy atom. The fourth-order valence-electron chi connectivity index (χ4n) is 3.04. The van der Waals surface area contributed by atoms with Gasteiger partial charge in [-0.3, -0.25) is 4.79 Å². The van der Waals surface area contributed by atoms with Crippen LogP contribution in [0.3, 0.4) is 0 Å². The Kier molecular flexibility index (Phi) is 7.24. The molecular weight excluding hydrogens is 356 g/mol. The second-order valence-electron chi connectivity index (χ2n) is 6.91. The van der Waals surface area contributed by atoms with Crippen LogP contribution in [0.2, 0.25) is 0 Å². The van der Waals surface area contributed by atoms with Crippen LogP contribution in [0.4, 0.5) is 0 Å². The van der Waals surface area contributed by atoms with E-state index in [1.54, 1.807) is 19.9 Å². The first kappa shape index (κ1) is 21.5.